The number of carbonyl (C=O) groups excluding carboxylic acids is 2. The van der Waals surface area contributed by atoms with E-state index in [-0.39, 0.29) is 17.4 Å². The van der Waals surface area contributed by atoms with Gasteiger partial charge in [-0.2, -0.15) is 0 Å². The van der Waals surface area contributed by atoms with E-state index in [1.165, 1.54) is 0 Å². The van der Waals surface area contributed by atoms with Crippen molar-refractivity contribution in [1.82, 2.24) is 14.8 Å². The summed E-state index contributed by atoms with van der Waals surface area (Å²) < 4.78 is 0. The SMILES string of the molecule is CCc1ccc2c(c1)C(=O)Nc1cccnc1N2C(=O)N1CCC2(CN(C)C2)C1. The lowest BCUT2D eigenvalue weighted by molar-refractivity contribution is 0.0339. The number of urea groups is 1. The molecule has 0 radical (unpaired) electrons. The molecule has 7 heteroatoms. The Morgan fingerprint density at radius 1 is 1.24 bits per heavy atom. The highest BCUT2D eigenvalue weighted by atomic mass is 16.2. The van der Waals surface area contributed by atoms with Crippen molar-refractivity contribution in [1.29, 1.82) is 0 Å². The van der Waals surface area contributed by atoms with Gasteiger partial charge in [-0.05, 0) is 49.7 Å². The predicted molar refractivity (Wildman–Crippen MR) is 112 cm³/mol. The average molecular weight is 391 g/mol. The molecule has 29 heavy (non-hydrogen) atoms. The third-order valence-corrected chi connectivity index (χ3v) is 6.31. The van der Waals surface area contributed by atoms with Crippen molar-refractivity contribution in [2.24, 2.45) is 5.41 Å². The summed E-state index contributed by atoms with van der Waals surface area (Å²) in [6.45, 7) is 5.59. The molecule has 1 aromatic heterocycles. The number of anilines is 3. The summed E-state index contributed by atoms with van der Waals surface area (Å²) in [5, 5.41) is 2.93. The number of fused-ring (bicyclic) bond motifs is 2. The maximum atomic E-state index is 13.7. The molecule has 1 spiro atoms. The fraction of sp³-hybridized carbons (Fsp3) is 0.409. The molecule has 1 N–H and O–H groups in total. The molecule has 7 nitrogen and oxygen atoms in total. The monoisotopic (exact) mass is 391 g/mol. The van der Waals surface area contributed by atoms with Gasteiger partial charge < -0.3 is 15.1 Å². The number of pyridine rings is 1. The Balaban J connectivity index is 1.57. The molecule has 0 saturated carbocycles. The van der Waals surface area contributed by atoms with Crippen molar-refractivity contribution < 1.29 is 9.59 Å². The van der Waals surface area contributed by atoms with Gasteiger partial charge in [0, 0.05) is 37.8 Å². The van der Waals surface area contributed by atoms with Crippen LogP contribution in [0, 0.1) is 5.41 Å². The number of rotatable bonds is 1. The van der Waals surface area contributed by atoms with Gasteiger partial charge in [-0.25, -0.2) is 14.7 Å². The first kappa shape index (κ1) is 18.1. The Morgan fingerprint density at radius 2 is 2.07 bits per heavy atom. The summed E-state index contributed by atoms with van der Waals surface area (Å²) >= 11 is 0. The van der Waals surface area contributed by atoms with Gasteiger partial charge in [0.2, 0.25) is 0 Å². The van der Waals surface area contributed by atoms with Crippen LogP contribution in [0.25, 0.3) is 0 Å². The third kappa shape index (κ3) is 2.88. The van der Waals surface area contributed by atoms with Crippen molar-refractivity contribution in [3.05, 3.63) is 47.7 Å². The van der Waals surface area contributed by atoms with Crippen molar-refractivity contribution in [2.45, 2.75) is 19.8 Å². The van der Waals surface area contributed by atoms with Crippen LogP contribution in [-0.4, -0.2) is 59.9 Å². The molecule has 0 aliphatic carbocycles. The normalized spacial score (nSPS) is 20.0. The molecule has 3 amide bonds. The molecule has 1 aromatic carbocycles. The Labute approximate surface area is 170 Å². The van der Waals surface area contributed by atoms with Crippen LogP contribution in [0.2, 0.25) is 0 Å². The van der Waals surface area contributed by atoms with Crippen LogP contribution >= 0.6 is 0 Å². The van der Waals surface area contributed by atoms with Crippen molar-refractivity contribution in [3.63, 3.8) is 0 Å². The number of carbonyl (C=O) groups is 2. The van der Waals surface area contributed by atoms with Gasteiger partial charge in [0.15, 0.2) is 5.82 Å². The minimum Gasteiger partial charge on any atom is -0.323 e. The molecule has 150 valence electrons. The minimum absolute atomic E-state index is 0.113. The van der Waals surface area contributed by atoms with E-state index < -0.39 is 0 Å². The lowest BCUT2D eigenvalue weighted by Crippen LogP contribution is -2.56. The Kier molecular flexibility index (Phi) is 4.10. The highest BCUT2D eigenvalue weighted by Gasteiger charge is 2.48. The molecule has 2 aromatic rings. The largest absolute Gasteiger partial charge is 0.330 e. The molecule has 0 bridgehead atoms. The second kappa shape index (κ2) is 6.56. The summed E-state index contributed by atoms with van der Waals surface area (Å²) in [5.74, 6) is 0.263. The molecular weight excluding hydrogens is 366 g/mol. The second-order valence-electron chi connectivity index (χ2n) is 8.50. The molecule has 0 unspecified atom stereocenters. The lowest BCUT2D eigenvalue weighted by atomic mass is 9.79. The summed E-state index contributed by atoms with van der Waals surface area (Å²) in [6, 6.07) is 9.18. The highest BCUT2D eigenvalue weighted by Crippen LogP contribution is 2.42. The van der Waals surface area contributed by atoms with E-state index in [1.54, 1.807) is 23.2 Å². The van der Waals surface area contributed by atoms with Crippen LogP contribution in [0.4, 0.5) is 22.0 Å². The van der Waals surface area contributed by atoms with E-state index >= 15 is 0 Å². The van der Waals surface area contributed by atoms with Crippen LogP contribution in [0.3, 0.4) is 0 Å². The van der Waals surface area contributed by atoms with Gasteiger partial charge in [-0.1, -0.05) is 13.0 Å². The van der Waals surface area contributed by atoms with Crippen LogP contribution in [0.1, 0.15) is 29.3 Å². The van der Waals surface area contributed by atoms with Crippen LogP contribution in [0.5, 0.6) is 0 Å². The third-order valence-electron chi connectivity index (χ3n) is 6.31. The highest BCUT2D eigenvalue weighted by molar-refractivity contribution is 6.16. The first-order valence-corrected chi connectivity index (χ1v) is 10.2. The topological polar surface area (TPSA) is 68.8 Å². The van der Waals surface area contributed by atoms with Gasteiger partial charge in [0.1, 0.15) is 0 Å². The second-order valence-corrected chi connectivity index (χ2v) is 8.50. The maximum absolute atomic E-state index is 13.7. The van der Waals surface area contributed by atoms with Crippen LogP contribution in [0.15, 0.2) is 36.5 Å². The Bertz CT molecular complexity index is 998. The number of nitrogens with one attached hydrogen (secondary N) is 1. The summed E-state index contributed by atoms with van der Waals surface area (Å²) in [6.07, 6.45) is 3.50. The number of nitrogens with zero attached hydrogens (tertiary/aromatic N) is 4. The molecule has 2 saturated heterocycles. The zero-order chi connectivity index (χ0) is 20.2. The molecule has 3 aliphatic rings. The zero-order valence-corrected chi connectivity index (χ0v) is 16.8. The molecular formula is C22H25N5O2. The van der Waals surface area contributed by atoms with Crippen LogP contribution in [-0.2, 0) is 6.42 Å². The van der Waals surface area contributed by atoms with E-state index in [0.29, 0.717) is 22.8 Å². The van der Waals surface area contributed by atoms with E-state index in [4.69, 9.17) is 0 Å². The summed E-state index contributed by atoms with van der Waals surface area (Å²) in [7, 11) is 2.11. The Hall–Kier alpha value is -2.93. The standard InChI is InChI=1S/C22H25N5O2/c1-3-15-6-7-18-16(11-15)20(28)24-17-5-4-9-23-19(17)27(18)21(29)26-10-8-22(14-26)12-25(2)13-22/h4-7,9,11H,3,8,10,12-14H2,1-2H3,(H,24,28). The number of aromatic nitrogens is 1. The zero-order valence-electron chi connectivity index (χ0n) is 16.8. The van der Waals surface area contributed by atoms with Crippen LogP contribution < -0.4 is 10.2 Å². The first-order chi connectivity index (χ1) is 14.0. The number of likely N-dealkylation sites (tertiary alicyclic amines) is 2. The number of amides is 3. The summed E-state index contributed by atoms with van der Waals surface area (Å²) in [4.78, 5) is 36.9. The van der Waals surface area contributed by atoms with Crippen molar-refractivity contribution >= 4 is 29.1 Å². The van der Waals surface area contributed by atoms with E-state index in [1.807, 2.05) is 23.1 Å². The fourth-order valence-corrected chi connectivity index (χ4v) is 4.95. The first-order valence-electron chi connectivity index (χ1n) is 10.2. The smallest absolute Gasteiger partial charge is 0.323 e. The van der Waals surface area contributed by atoms with E-state index in [2.05, 4.69) is 29.2 Å². The number of hydrogen-bond donors (Lipinski definition) is 1. The number of aryl methyl sites for hydroxylation is 1. The van der Waals surface area contributed by atoms with Gasteiger partial charge in [0.25, 0.3) is 5.91 Å². The molecule has 4 heterocycles. The number of hydrogen-bond acceptors (Lipinski definition) is 4. The predicted octanol–water partition coefficient (Wildman–Crippen LogP) is 3.11. The molecule has 2 fully saturated rings. The maximum Gasteiger partial charge on any atom is 0.330 e. The van der Waals surface area contributed by atoms with Crippen molar-refractivity contribution in [3.8, 4) is 0 Å². The van der Waals surface area contributed by atoms with Gasteiger partial charge in [0.05, 0.1) is 16.9 Å². The summed E-state index contributed by atoms with van der Waals surface area (Å²) in [5.41, 5.74) is 2.92. The molecule has 0 atom stereocenters. The molecule has 3 aliphatic heterocycles. The van der Waals surface area contributed by atoms with Crippen molar-refractivity contribution in [2.75, 3.05) is 43.4 Å². The van der Waals surface area contributed by atoms with Gasteiger partial charge >= 0.3 is 6.03 Å². The van der Waals surface area contributed by atoms with E-state index in [9.17, 15) is 9.59 Å². The fourth-order valence-electron chi connectivity index (χ4n) is 4.95. The number of benzene rings is 1. The quantitative estimate of drug-likeness (QED) is 0.811. The average Bonchev–Trinajstić information content (AvgIpc) is 3.09. The minimum atomic E-state index is -0.210. The Morgan fingerprint density at radius 3 is 2.83 bits per heavy atom. The molecule has 5 rings (SSSR count). The van der Waals surface area contributed by atoms with Gasteiger partial charge in [-0.3, -0.25) is 4.79 Å². The lowest BCUT2D eigenvalue weighted by Gasteiger charge is -2.46. The van der Waals surface area contributed by atoms with E-state index in [0.717, 1.165) is 44.6 Å². The van der Waals surface area contributed by atoms with Gasteiger partial charge in [-0.15, -0.1) is 0 Å².